The molecule has 0 radical (unpaired) electrons. The zero-order valence-electron chi connectivity index (χ0n) is 14.7. The molecule has 136 valence electrons. The zero-order chi connectivity index (χ0) is 18.5. The molecule has 3 heterocycles. The molecule has 0 spiro atoms. The summed E-state index contributed by atoms with van der Waals surface area (Å²) in [6.07, 6.45) is -0.577. The second kappa shape index (κ2) is 6.23. The van der Waals surface area contributed by atoms with Crippen molar-refractivity contribution < 1.29 is 8.78 Å². The summed E-state index contributed by atoms with van der Waals surface area (Å²) in [6, 6.07) is 15.1. The first-order chi connectivity index (χ1) is 13.1. The largest absolute Gasteiger partial charge is 0.264 e. The quantitative estimate of drug-likeness (QED) is 0.417. The van der Waals surface area contributed by atoms with Crippen LogP contribution in [0.3, 0.4) is 0 Å². The maximum atomic E-state index is 14.0. The van der Waals surface area contributed by atoms with E-state index in [1.54, 1.807) is 22.1 Å². The maximum Gasteiger partial charge on any atom is 0.264 e. The molecule has 1 fully saturated rings. The molecule has 0 unspecified atom stereocenters. The minimum absolute atomic E-state index is 0.0325. The number of alkyl halides is 2. The zero-order valence-corrected chi connectivity index (χ0v) is 15.5. The fraction of sp³-hybridized carbons (Fsp3) is 0.238. The number of hydrogen-bond donors (Lipinski definition) is 0. The van der Waals surface area contributed by atoms with E-state index in [0.29, 0.717) is 16.7 Å². The summed E-state index contributed by atoms with van der Waals surface area (Å²) in [5, 5.41) is 5.25. The van der Waals surface area contributed by atoms with Gasteiger partial charge in [0.25, 0.3) is 6.43 Å². The molecule has 0 atom stereocenters. The van der Waals surface area contributed by atoms with Crippen LogP contribution in [0.4, 0.5) is 8.78 Å². The Morgan fingerprint density at radius 1 is 1.11 bits per heavy atom. The Morgan fingerprint density at radius 3 is 2.52 bits per heavy atom. The number of halogens is 2. The van der Waals surface area contributed by atoms with Crippen molar-refractivity contribution in [2.45, 2.75) is 32.1 Å². The lowest BCUT2D eigenvalue weighted by atomic mass is 10.1. The highest BCUT2D eigenvalue weighted by Gasteiger charge is 2.33. The number of benzene rings is 1. The molecule has 4 aromatic rings. The van der Waals surface area contributed by atoms with Gasteiger partial charge in [0.15, 0.2) is 5.65 Å². The van der Waals surface area contributed by atoms with E-state index < -0.39 is 6.43 Å². The molecular formula is C21H17F2N3S. The van der Waals surface area contributed by atoms with Crippen molar-refractivity contribution in [1.82, 2.24) is 14.8 Å². The Kier molecular flexibility index (Phi) is 3.82. The van der Waals surface area contributed by atoms with Crippen LogP contribution in [0.1, 0.15) is 41.3 Å². The highest BCUT2D eigenvalue weighted by atomic mass is 32.1. The molecule has 5 rings (SSSR count). The van der Waals surface area contributed by atoms with Crippen LogP contribution < -0.4 is 0 Å². The minimum Gasteiger partial charge on any atom is -0.227 e. The number of aryl methyl sites for hydroxylation is 1. The Labute approximate surface area is 159 Å². The first kappa shape index (κ1) is 16.6. The van der Waals surface area contributed by atoms with Crippen LogP contribution in [0.25, 0.3) is 27.3 Å². The fourth-order valence-electron chi connectivity index (χ4n) is 3.43. The molecule has 0 saturated heterocycles. The molecule has 0 N–H and O–H groups in total. The first-order valence-corrected chi connectivity index (χ1v) is 9.77. The SMILES string of the molecule is Cc1ccc(-c2cc(C(F)F)c3c(C4CC4)nn(-c4ccccc4)c3n2)s1. The lowest BCUT2D eigenvalue weighted by molar-refractivity contribution is 0.153. The summed E-state index contributed by atoms with van der Waals surface area (Å²) in [5.74, 6) is 0.256. The topological polar surface area (TPSA) is 30.7 Å². The normalized spacial score (nSPS) is 14.4. The van der Waals surface area contributed by atoms with Gasteiger partial charge in [-0.2, -0.15) is 5.10 Å². The van der Waals surface area contributed by atoms with Gasteiger partial charge in [-0.15, -0.1) is 11.3 Å². The molecule has 1 aromatic carbocycles. The summed E-state index contributed by atoms with van der Waals surface area (Å²) in [4.78, 5) is 6.81. The molecule has 3 nitrogen and oxygen atoms in total. The third-order valence-electron chi connectivity index (χ3n) is 4.89. The van der Waals surface area contributed by atoms with Crippen molar-refractivity contribution in [3.63, 3.8) is 0 Å². The predicted molar refractivity (Wildman–Crippen MR) is 104 cm³/mol. The Hall–Kier alpha value is -2.60. The molecule has 1 aliphatic carbocycles. The van der Waals surface area contributed by atoms with E-state index in [4.69, 9.17) is 10.1 Å². The maximum absolute atomic E-state index is 14.0. The average Bonchev–Trinajstić information content (AvgIpc) is 3.31. The van der Waals surface area contributed by atoms with Crippen LogP contribution in [-0.4, -0.2) is 14.8 Å². The third kappa shape index (κ3) is 2.84. The lowest BCUT2D eigenvalue weighted by Crippen LogP contribution is -1.99. The number of nitrogens with zero attached hydrogens (tertiary/aromatic N) is 3. The molecule has 6 heteroatoms. The van der Waals surface area contributed by atoms with E-state index in [-0.39, 0.29) is 11.5 Å². The number of rotatable bonds is 4. The molecule has 1 aliphatic rings. The Balaban J connectivity index is 1.84. The lowest BCUT2D eigenvalue weighted by Gasteiger charge is -2.08. The van der Waals surface area contributed by atoms with Crippen molar-refractivity contribution in [3.05, 3.63) is 64.7 Å². The van der Waals surface area contributed by atoms with E-state index in [0.717, 1.165) is 34.0 Å². The second-order valence-electron chi connectivity index (χ2n) is 6.91. The van der Waals surface area contributed by atoms with Gasteiger partial charge in [-0.3, -0.25) is 0 Å². The smallest absolute Gasteiger partial charge is 0.227 e. The van der Waals surface area contributed by atoms with Gasteiger partial charge in [-0.05, 0) is 50.1 Å². The van der Waals surface area contributed by atoms with Crippen LogP contribution in [0.15, 0.2) is 48.5 Å². The van der Waals surface area contributed by atoms with Gasteiger partial charge in [0.2, 0.25) is 0 Å². The molecule has 27 heavy (non-hydrogen) atoms. The van der Waals surface area contributed by atoms with Crippen molar-refractivity contribution in [1.29, 1.82) is 0 Å². The molecule has 0 amide bonds. The highest BCUT2D eigenvalue weighted by molar-refractivity contribution is 7.15. The van der Waals surface area contributed by atoms with Gasteiger partial charge < -0.3 is 0 Å². The number of thiophene rings is 1. The van der Waals surface area contributed by atoms with Crippen molar-refractivity contribution >= 4 is 22.4 Å². The molecule has 0 bridgehead atoms. The second-order valence-corrected chi connectivity index (χ2v) is 8.20. The van der Waals surface area contributed by atoms with Crippen LogP contribution >= 0.6 is 11.3 Å². The summed E-state index contributed by atoms with van der Waals surface area (Å²) in [5.41, 5.74) is 2.72. The van der Waals surface area contributed by atoms with E-state index in [2.05, 4.69) is 0 Å². The van der Waals surface area contributed by atoms with Crippen molar-refractivity contribution in [2.24, 2.45) is 0 Å². The Bertz CT molecular complexity index is 1130. The van der Waals surface area contributed by atoms with Gasteiger partial charge >= 0.3 is 0 Å². The van der Waals surface area contributed by atoms with Gasteiger partial charge in [-0.25, -0.2) is 18.4 Å². The van der Waals surface area contributed by atoms with Gasteiger partial charge in [0.1, 0.15) is 0 Å². The molecular weight excluding hydrogens is 364 g/mol. The first-order valence-electron chi connectivity index (χ1n) is 8.96. The summed E-state index contributed by atoms with van der Waals surface area (Å²) in [7, 11) is 0. The number of fused-ring (bicyclic) bond motifs is 1. The monoisotopic (exact) mass is 381 g/mol. The van der Waals surface area contributed by atoms with Crippen LogP contribution in [0.5, 0.6) is 0 Å². The average molecular weight is 381 g/mol. The van der Waals surface area contributed by atoms with Crippen LogP contribution in [0, 0.1) is 6.92 Å². The van der Waals surface area contributed by atoms with Crippen LogP contribution in [-0.2, 0) is 0 Å². The summed E-state index contributed by atoms with van der Waals surface area (Å²) in [6.45, 7) is 2.00. The van der Waals surface area contributed by atoms with Crippen molar-refractivity contribution in [2.75, 3.05) is 0 Å². The molecule has 1 saturated carbocycles. The highest BCUT2D eigenvalue weighted by Crippen LogP contribution is 2.45. The van der Waals surface area contributed by atoms with E-state index in [1.807, 2.05) is 49.4 Å². The number of para-hydroxylation sites is 1. The third-order valence-corrected chi connectivity index (χ3v) is 5.91. The summed E-state index contributed by atoms with van der Waals surface area (Å²) < 4.78 is 29.7. The fourth-order valence-corrected chi connectivity index (χ4v) is 4.26. The molecule has 0 aliphatic heterocycles. The summed E-state index contributed by atoms with van der Waals surface area (Å²) >= 11 is 1.56. The standard InChI is InChI=1S/C21H17F2N3S/c1-12-7-10-17(27-12)16-11-15(20(22)23)18-19(13-8-9-13)25-26(21(18)24-16)14-5-3-2-4-6-14/h2-7,10-11,13,20H,8-9H2,1H3. The minimum atomic E-state index is -2.57. The number of aromatic nitrogens is 3. The van der Waals surface area contributed by atoms with Gasteiger partial charge in [0, 0.05) is 16.4 Å². The predicted octanol–water partition coefficient (Wildman–Crippen LogP) is 6.27. The van der Waals surface area contributed by atoms with E-state index in [1.165, 1.54) is 0 Å². The van der Waals surface area contributed by atoms with Gasteiger partial charge in [-0.1, -0.05) is 18.2 Å². The molecule has 3 aromatic heterocycles. The number of pyridine rings is 1. The van der Waals surface area contributed by atoms with Gasteiger partial charge in [0.05, 0.1) is 27.3 Å². The van der Waals surface area contributed by atoms with Crippen LogP contribution in [0.2, 0.25) is 0 Å². The Morgan fingerprint density at radius 2 is 1.89 bits per heavy atom. The number of hydrogen-bond acceptors (Lipinski definition) is 3. The van der Waals surface area contributed by atoms with E-state index in [9.17, 15) is 8.78 Å². The van der Waals surface area contributed by atoms with E-state index >= 15 is 0 Å². The van der Waals surface area contributed by atoms with Crippen molar-refractivity contribution in [3.8, 4) is 16.3 Å².